The number of carbonyl (C=O) groups excluding carboxylic acids is 1. The van der Waals surface area contributed by atoms with E-state index < -0.39 is 12.1 Å². The van der Waals surface area contributed by atoms with Crippen LogP contribution in [0.25, 0.3) is 33.2 Å². The lowest BCUT2D eigenvalue weighted by atomic mass is 10.1. The van der Waals surface area contributed by atoms with E-state index in [0.29, 0.717) is 16.8 Å². The lowest BCUT2D eigenvalue weighted by molar-refractivity contribution is -0.159. The smallest absolute Gasteiger partial charge is 0.341 e. The first-order chi connectivity index (χ1) is 15.8. The van der Waals surface area contributed by atoms with E-state index in [9.17, 15) is 18.0 Å². The standard InChI is InChI=1S/C24H17F3N4O2/c1-2-31-19-6-4-3-5-17(19)18-13-16(11-12-20(18)31)28-22(32)15-9-7-14(8-10-15)21-29-23(33-30-21)24(25,26)27/h3-13H,2H2,1H3,(H,28,32). The molecule has 9 heteroatoms. The predicted octanol–water partition coefficient (Wildman–Crippen LogP) is 6.14. The van der Waals surface area contributed by atoms with Crippen molar-refractivity contribution in [2.45, 2.75) is 19.6 Å². The van der Waals surface area contributed by atoms with Crippen LogP contribution in [0.1, 0.15) is 23.2 Å². The zero-order valence-corrected chi connectivity index (χ0v) is 17.3. The summed E-state index contributed by atoms with van der Waals surface area (Å²) < 4.78 is 44.4. The van der Waals surface area contributed by atoms with Gasteiger partial charge in [0.2, 0.25) is 5.82 Å². The molecular weight excluding hydrogens is 433 g/mol. The number of amides is 1. The Balaban J connectivity index is 1.39. The van der Waals surface area contributed by atoms with E-state index in [1.807, 2.05) is 30.3 Å². The molecule has 5 rings (SSSR count). The second kappa shape index (κ2) is 7.77. The predicted molar refractivity (Wildman–Crippen MR) is 118 cm³/mol. The second-order valence-corrected chi connectivity index (χ2v) is 7.45. The molecule has 0 aliphatic heterocycles. The molecule has 166 valence electrons. The Morgan fingerprint density at radius 2 is 1.73 bits per heavy atom. The minimum Gasteiger partial charge on any atom is -0.341 e. The second-order valence-electron chi connectivity index (χ2n) is 7.45. The number of fused-ring (bicyclic) bond motifs is 3. The van der Waals surface area contributed by atoms with E-state index >= 15 is 0 Å². The number of para-hydroxylation sites is 1. The van der Waals surface area contributed by atoms with Gasteiger partial charge in [0, 0.05) is 45.2 Å². The topological polar surface area (TPSA) is 73.0 Å². The summed E-state index contributed by atoms with van der Waals surface area (Å²) in [6.07, 6.45) is -4.71. The van der Waals surface area contributed by atoms with Crippen LogP contribution >= 0.6 is 0 Å². The number of nitrogens with zero attached hydrogens (tertiary/aromatic N) is 3. The highest BCUT2D eigenvalue weighted by Crippen LogP contribution is 2.32. The number of anilines is 1. The lowest BCUT2D eigenvalue weighted by Gasteiger charge is -2.07. The maximum Gasteiger partial charge on any atom is 0.471 e. The number of aromatic nitrogens is 3. The van der Waals surface area contributed by atoms with E-state index in [1.54, 1.807) is 0 Å². The number of rotatable bonds is 4. The molecule has 0 radical (unpaired) electrons. The van der Waals surface area contributed by atoms with Crippen LogP contribution in [-0.4, -0.2) is 20.6 Å². The first kappa shape index (κ1) is 20.7. The molecule has 0 atom stereocenters. The van der Waals surface area contributed by atoms with Crippen molar-refractivity contribution in [2.24, 2.45) is 0 Å². The van der Waals surface area contributed by atoms with Crippen molar-refractivity contribution in [2.75, 3.05) is 5.32 Å². The molecule has 0 aliphatic rings. The van der Waals surface area contributed by atoms with Crippen molar-refractivity contribution in [3.63, 3.8) is 0 Å². The number of carbonyl (C=O) groups is 1. The zero-order valence-electron chi connectivity index (χ0n) is 17.3. The summed E-state index contributed by atoms with van der Waals surface area (Å²) in [5, 5.41) is 8.37. The normalized spacial score (nSPS) is 11.9. The van der Waals surface area contributed by atoms with Gasteiger partial charge >= 0.3 is 12.1 Å². The van der Waals surface area contributed by atoms with E-state index in [4.69, 9.17) is 0 Å². The van der Waals surface area contributed by atoms with Gasteiger partial charge in [-0.05, 0) is 43.3 Å². The Morgan fingerprint density at radius 3 is 2.42 bits per heavy atom. The monoisotopic (exact) mass is 450 g/mol. The molecule has 2 aromatic heterocycles. The minimum absolute atomic E-state index is 0.202. The molecule has 1 amide bonds. The fourth-order valence-corrected chi connectivity index (χ4v) is 3.90. The Morgan fingerprint density at radius 1 is 1.00 bits per heavy atom. The van der Waals surface area contributed by atoms with Crippen molar-refractivity contribution in [1.29, 1.82) is 0 Å². The molecule has 0 fully saturated rings. The quantitative estimate of drug-likeness (QED) is 0.357. The van der Waals surface area contributed by atoms with Crippen LogP contribution in [0.2, 0.25) is 0 Å². The summed E-state index contributed by atoms with van der Waals surface area (Å²) in [4.78, 5) is 16.1. The molecule has 0 spiro atoms. The summed E-state index contributed by atoms with van der Waals surface area (Å²) >= 11 is 0. The average molecular weight is 450 g/mol. The molecule has 1 N–H and O–H groups in total. The number of aryl methyl sites for hydroxylation is 1. The van der Waals surface area contributed by atoms with E-state index in [0.717, 1.165) is 28.4 Å². The molecule has 0 unspecified atom stereocenters. The van der Waals surface area contributed by atoms with Gasteiger partial charge in [0.1, 0.15) is 0 Å². The largest absolute Gasteiger partial charge is 0.471 e. The first-order valence-electron chi connectivity index (χ1n) is 10.2. The van der Waals surface area contributed by atoms with Crippen molar-refractivity contribution in [3.05, 3.63) is 78.2 Å². The highest BCUT2D eigenvalue weighted by molar-refractivity contribution is 6.11. The molecule has 2 heterocycles. The Kier molecular flexibility index (Phi) is 4.88. The zero-order chi connectivity index (χ0) is 23.2. The molecule has 5 aromatic rings. The Bertz CT molecular complexity index is 1480. The van der Waals surface area contributed by atoms with Gasteiger partial charge < -0.3 is 14.4 Å². The molecular formula is C24H17F3N4O2. The number of hydrogen-bond donors (Lipinski definition) is 1. The third kappa shape index (κ3) is 3.71. The number of hydrogen-bond acceptors (Lipinski definition) is 4. The highest BCUT2D eigenvalue weighted by atomic mass is 19.4. The van der Waals surface area contributed by atoms with Crippen molar-refractivity contribution in [1.82, 2.24) is 14.7 Å². The van der Waals surface area contributed by atoms with Crippen LogP contribution in [-0.2, 0) is 12.7 Å². The van der Waals surface area contributed by atoms with E-state index in [1.165, 1.54) is 24.3 Å². The fourth-order valence-electron chi connectivity index (χ4n) is 3.90. The van der Waals surface area contributed by atoms with Gasteiger partial charge in [-0.15, -0.1) is 0 Å². The molecule has 0 saturated carbocycles. The molecule has 6 nitrogen and oxygen atoms in total. The number of benzene rings is 3. The van der Waals surface area contributed by atoms with Crippen molar-refractivity contribution >= 4 is 33.4 Å². The highest BCUT2D eigenvalue weighted by Gasteiger charge is 2.38. The van der Waals surface area contributed by atoms with Crippen LogP contribution in [0.3, 0.4) is 0 Å². The number of halogens is 3. The van der Waals surface area contributed by atoms with Crippen LogP contribution < -0.4 is 5.32 Å². The van der Waals surface area contributed by atoms with E-state index in [2.05, 4.69) is 43.6 Å². The van der Waals surface area contributed by atoms with Gasteiger partial charge in [-0.1, -0.05) is 35.5 Å². The molecule has 0 bridgehead atoms. The lowest BCUT2D eigenvalue weighted by Crippen LogP contribution is -2.11. The SMILES string of the molecule is CCn1c2ccccc2c2cc(NC(=O)c3ccc(-c4noc(C(F)(F)F)n4)cc3)ccc21. The minimum atomic E-state index is -4.71. The van der Waals surface area contributed by atoms with Crippen molar-refractivity contribution < 1.29 is 22.5 Å². The number of nitrogens with one attached hydrogen (secondary N) is 1. The third-order valence-electron chi connectivity index (χ3n) is 5.42. The summed E-state index contributed by atoms with van der Waals surface area (Å²) in [6, 6.07) is 19.8. The summed E-state index contributed by atoms with van der Waals surface area (Å²) in [7, 11) is 0. The van der Waals surface area contributed by atoms with Gasteiger partial charge in [0.05, 0.1) is 0 Å². The van der Waals surface area contributed by atoms with E-state index in [-0.39, 0.29) is 11.7 Å². The molecule has 0 aliphatic carbocycles. The molecule has 0 saturated heterocycles. The molecule has 33 heavy (non-hydrogen) atoms. The van der Waals surface area contributed by atoms with Gasteiger partial charge in [0.25, 0.3) is 5.91 Å². The average Bonchev–Trinajstić information content (AvgIpc) is 3.42. The van der Waals surface area contributed by atoms with Crippen LogP contribution in [0.5, 0.6) is 0 Å². The van der Waals surface area contributed by atoms with Gasteiger partial charge in [0.15, 0.2) is 0 Å². The fraction of sp³-hybridized carbons (Fsp3) is 0.125. The van der Waals surface area contributed by atoms with Gasteiger partial charge in [-0.3, -0.25) is 4.79 Å². The summed E-state index contributed by atoms with van der Waals surface area (Å²) in [6.45, 7) is 2.91. The summed E-state index contributed by atoms with van der Waals surface area (Å²) in [5.74, 6) is -1.96. The maximum atomic E-state index is 12.7. The van der Waals surface area contributed by atoms with Crippen LogP contribution in [0.15, 0.2) is 71.3 Å². The van der Waals surface area contributed by atoms with Gasteiger partial charge in [-0.25, -0.2) is 0 Å². The summed E-state index contributed by atoms with van der Waals surface area (Å²) in [5.41, 5.74) is 3.50. The Hall–Kier alpha value is -4.14. The third-order valence-corrected chi connectivity index (χ3v) is 5.42. The van der Waals surface area contributed by atoms with Gasteiger partial charge in [-0.2, -0.15) is 18.2 Å². The molecule has 3 aromatic carbocycles. The van der Waals surface area contributed by atoms with Crippen molar-refractivity contribution in [3.8, 4) is 11.4 Å². The van der Waals surface area contributed by atoms with Crippen LogP contribution in [0.4, 0.5) is 18.9 Å². The Labute approximate surface area is 185 Å². The first-order valence-corrected chi connectivity index (χ1v) is 10.2. The maximum absolute atomic E-state index is 12.7. The van der Waals surface area contributed by atoms with Crippen LogP contribution in [0, 0.1) is 0 Å². The number of alkyl halides is 3.